The van der Waals surface area contributed by atoms with Crippen LogP contribution in [0.2, 0.25) is 0 Å². The molecule has 4 aromatic rings. The number of nitrogens with one attached hydrogen (secondary N) is 1. The van der Waals surface area contributed by atoms with Gasteiger partial charge in [-0.05, 0) is 49.9 Å². The van der Waals surface area contributed by atoms with Crippen molar-refractivity contribution in [3.05, 3.63) is 48.4 Å². The highest BCUT2D eigenvalue weighted by atomic mass is 16.5. The van der Waals surface area contributed by atoms with Crippen LogP contribution in [-0.2, 0) is 7.05 Å². The fourth-order valence-electron chi connectivity index (χ4n) is 4.14. The van der Waals surface area contributed by atoms with Gasteiger partial charge in [-0.15, -0.1) is 0 Å². The van der Waals surface area contributed by atoms with Crippen molar-refractivity contribution in [2.24, 2.45) is 18.7 Å². The van der Waals surface area contributed by atoms with Gasteiger partial charge in [0.15, 0.2) is 17.2 Å². The number of aromatic nitrogens is 5. The number of methoxy groups -OCH3 is 1. The van der Waals surface area contributed by atoms with Gasteiger partial charge in [-0.25, -0.2) is 9.97 Å². The third-order valence-electron chi connectivity index (χ3n) is 6.22. The van der Waals surface area contributed by atoms with Crippen LogP contribution in [0.25, 0.3) is 28.3 Å². The molecule has 3 aromatic heterocycles. The first-order valence-electron chi connectivity index (χ1n) is 11.6. The zero-order chi connectivity index (χ0) is 23.7. The number of anilines is 1. The van der Waals surface area contributed by atoms with Crippen molar-refractivity contribution < 1.29 is 9.53 Å². The number of hydrogen-bond donors (Lipinski definition) is 2. The maximum atomic E-state index is 12.6. The summed E-state index contributed by atoms with van der Waals surface area (Å²) in [6.07, 6.45) is 9.24. The molecule has 0 unspecified atom stereocenters. The van der Waals surface area contributed by atoms with Crippen molar-refractivity contribution in [3.8, 4) is 28.4 Å². The summed E-state index contributed by atoms with van der Waals surface area (Å²) < 4.78 is 9.50. The lowest BCUT2D eigenvalue weighted by atomic mass is 10.0. The second kappa shape index (κ2) is 9.26. The highest BCUT2D eigenvalue weighted by Crippen LogP contribution is 2.36. The number of benzene rings is 1. The molecule has 176 valence electrons. The Hall–Kier alpha value is -3.72. The van der Waals surface area contributed by atoms with Crippen molar-refractivity contribution in [1.82, 2.24) is 24.1 Å². The molecule has 0 amide bonds. The van der Waals surface area contributed by atoms with Gasteiger partial charge in [-0.2, -0.15) is 5.10 Å². The Kier molecular flexibility index (Phi) is 6.02. The summed E-state index contributed by atoms with van der Waals surface area (Å²) in [7, 11) is 3.51. The van der Waals surface area contributed by atoms with E-state index in [1.807, 2.05) is 48.1 Å². The van der Waals surface area contributed by atoms with E-state index in [-0.39, 0.29) is 5.78 Å². The van der Waals surface area contributed by atoms with Crippen molar-refractivity contribution in [2.45, 2.75) is 25.7 Å². The van der Waals surface area contributed by atoms with Crippen LogP contribution in [0.15, 0.2) is 42.9 Å². The number of fused-ring (bicyclic) bond motifs is 1. The summed E-state index contributed by atoms with van der Waals surface area (Å²) in [4.78, 5) is 22.1. The van der Waals surface area contributed by atoms with E-state index in [0.717, 1.165) is 41.9 Å². The molecular formula is C25H29N7O2. The minimum absolute atomic E-state index is 0.166. The highest BCUT2D eigenvalue weighted by molar-refractivity contribution is 5.97. The van der Waals surface area contributed by atoms with Crippen LogP contribution < -0.4 is 15.8 Å². The van der Waals surface area contributed by atoms with Crippen LogP contribution in [0.5, 0.6) is 5.75 Å². The SMILES string of the molecule is COc1cc(C(=O)CC2CC2)ccc1-c1cnc2c(NCCCN)nc(-c3ccnn3C)cn12. The van der Waals surface area contributed by atoms with Crippen molar-refractivity contribution in [1.29, 1.82) is 0 Å². The lowest BCUT2D eigenvalue weighted by Gasteiger charge is -2.13. The van der Waals surface area contributed by atoms with Crippen LogP contribution in [0.3, 0.4) is 0 Å². The van der Waals surface area contributed by atoms with E-state index in [9.17, 15) is 4.79 Å². The molecule has 0 spiro atoms. The molecule has 1 aliphatic rings. The molecule has 0 bridgehead atoms. The zero-order valence-electron chi connectivity index (χ0n) is 19.5. The third kappa shape index (κ3) is 4.26. The van der Waals surface area contributed by atoms with Crippen molar-refractivity contribution in [3.63, 3.8) is 0 Å². The fraction of sp³-hybridized carbons (Fsp3) is 0.360. The quantitative estimate of drug-likeness (QED) is 0.275. The minimum atomic E-state index is 0.166. The predicted molar refractivity (Wildman–Crippen MR) is 131 cm³/mol. The van der Waals surface area contributed by atoms with E-state index < -0.39 is 0 Å². The van der Waals surface area contributed by atoms with E-state index in [0.29, 0.717) is 48.2 Å². The van der Waals surface area contributed by atoms with Gasteiger partial charge in [0.25, 0.3) is 0 Å². The average Bonchev–Trinajstić information content (AvgIpc) is 3.39. The third-order valence-corrected chi connectivity index (χ3v) is 6.22. The van der Waals surface area contributed by atoms with Crippen molar-refractivity contribution in [2.75, 3.05) is 25.5 Å². The molecule has 1 saturated carbocycles. The summed E-state index contributed by atoms with van der Waals surface area (Å²) in [5, 5.41) is 7.66. The number of imidazole rings is 1. The Morgan fingerprint density at radius 3 is 2.82 bits per heavy atom. The van der Waals surface area contributed by atoms with E-state index in [1.54, 1.807) is 18.0 Å². The van der Waals surface area contributed by atoms with E-state index in [4.69, 9.17) is 15.5 Å². The number of Topliss-reactive ketones (excluding diaryl/α,β-unsaturated/α-hetero) is 1. The number of rotatable bonds is 10. The molecule has 9 nitrogen and oxygen atoms in total. The van der Waals surface area contributed by atoms with Gasteiger partial charge in [-0.1, -0.05) is 6.07 Å². The number of hydrogen-bond acceptors (Lipinski definition) is 7. The fourth-order valence-corrected chi connectivity index (χ4v) is 4.14. The topological polar surface area (TPSA) is 112 Å². The first-order valence-corrected chi connectivity index (χ1v) is 11.6. The molecule has 34 heavy (non-hydrogen) atoms. The van der Waals surface area contributed by atoms with Gasteiger partial charge >= 0.3 is 0 Å². The second-order valence-electron chi connectivity index (χ2n) is 8.71. The molecule has 9 heteroatoms. The Bertz CT molecular complexity index is 1340. The number of aryl methyl sites for hydroxylation is 1. The Morgan fingerprint density at radius 1 is 1.26 bits per heavy atom. The zero-order valence-corrected chi connectivity index (χ0v) is 19.5. The van der Waals surface area contributed by atoms with Crippen molar-refractivity contribution >= 4 is 17.2 Å². The number of ketones is 1. The first kappa shape index (κ1) is 22.1. The molecule has 0 atom stereocenters. The Labute approximate surface area is 198 Å². The molecular weight excluding hydrogens is 430 g/mol. The lowest BCUT2D eigenvalue weighted by Crippen LogP contribution is -2.11. The van der Waals surface area contributed by atoms with Crippen LogP contribution in [-0.4, -0.2) is 50.1 Å². The molecule has 3 heterocycles. The maximum absolute atomic E-state index is 12.6. The van der Waals surface area contributed by atoms with Gasteiger partial charge in [-0.3, -0.25) is 13.9 Å². The largest absolute Gasteiger partial charge is 0.496 e. The van der Waals surface area contributed by atoms with Gasteiger partial charge < -0.3 is 15.8 Å². The highest BCUT2D eigenvalue weighted by Gasteiger charge is 2.25. The first-order chi connectivity index (χ1) is 16.6. The number of carbonyl (C=O) groups excluding carboxylic acids is 1. The van der Waals surface area contributed by atoms with Gasteiger partial charge in [0.1, 0.15) is 11.4 Å². The molecule has 0 aliphatic heterocycles. The van der Waals surface area contributed by atoms with E-state index >= 15 is 0 Å². The molecule has 5 rings (SSSR count). The van der Waals surface area contributed by atoms with E-state index in [2.05, 4.69) is 15.4 Å². The van der Waals surface area contributed by atoms with Gasteiger partial charge in [0, 0.05) is 43.5 Å². The molecule has 0 saturated heterocycles. The van der Waals surface area contributed by atoms with Crippen LogP contribution in [0, 0.1) is 5.92 Å². The number of carbonyl (C=O) groups is 1. The number of ether oxygens (including phenoxy) is 1. The Morgan fingerprint density at radius 2 is 2.12 bits per heavy atom. The van der Waals surface area contributed by atoms with Gasteiger partial charge in [0.2, 0.25) is 0 Å². The molecule has 1 aromatic carbocycles. The molecule has 1 fully saturated rings. The van der Waals surface area contributed by atoms with Crippen LogP contribution >= 0.6 is 0 Å². The van der Waals surface area contributed by atoms with Gasteiger partial charge in [0.05, 0.1) is 24.7 Å². The van der Waals surface area contributed by atoms with E-state index in [1.165, 1.54) is 0 Å². The molecule has 0 radical (unpaired) electrons. The molecule has 1 aliphatic carbocycles. The maximum Gasteiger partial charge on any atom is 0.180 e. The minimum Gasteiger partial charge on any atom is -0.496 e. The average molecular weight is 460 g/mol. The monoisotopic (exact) mass is 459 g/mol. The normalized spacial score (nSPS) is 13.4. The van der Waals surface area contributed by atoms with Crippen LogP contribution in [0.1, 0.15) is 36.0 Å². The Balaban J connectivity index is 1.60. The number of nitrogens with zero attached hydrogens (tertiary/aromatic N) is 5. The predicted octanol–water partition coefficient (Wildman–Crippen LogP) is 3.55. The number of nitrogens with two attached hydrogens (primary N) is 1. The molecule has 3 N–H and O–H groups in total. The summed E-state index contributed by atoms with van der Waals surface area (Å²) in [6, 6.07) is 7.58. The summed E-state index contributed by atoms with van der Waals surface area (Å²) in [6.45, 7) is 1.28. The second-order valence-corrected chi connectivity index (χ2v) is 8.71. The standard InChI is InChI=1S/C25H29N7O2/c1-31-20(8-11-29-31)19-15-32-21(14-28-25(32)24(30-19)27-10-3-9-26)18-7-6-17(13-23(18)34-2)22(33)12-16-4-5-16/h6-8,11,13-16H,3-5,9-10,12,26H2,1-2H3,(H,27,30). The lowest BCUT2D eigenvalue weighted by molar-refractivity contribution is 0.0975. The smallest absolute Gasteiger partial charge is 0.180 e. The van der Waals surface area contributed by atoms with Crippen LogP contribution in [0.4, 0.5) is 5.82 Å². The summed E-state index contributed by atoms with van der Waals surface area (Å²) in [5.41, 5.74) is 10.4. The summed E-state index contributed by atoms with van der Waals surface area (Å²) >= 11 is 0. The summed E-state index contributed by atoms with van der Waals surface area (Å²) in [5.74, 6) is 2.02.